The Labute approximate surface area is 150 Å². The van der Waals surface area contributed by atoms with Crippen LogP contribution < -0.4 is 9.47 Å². The number of hydrogen-bond donors (Lipinski definition) is 0. The van der Waals surface area contributed by atoms with Crippen LogP contribution in [0.2, 0.25) is 0 Å². The maximum Gasteiger partial charge on any atom is 0.162 e. The molecule has 25 heavy (non-hydrogen) atoms. The predicted octanol–water partition coefficient (Wildman–Crippen LogP) is 3.99. The molecular formula is C21H28O4. The lowest BCUT2D eigenvalue weighted by atomic mass is 9.63. The molecule has 0 bridgehead atoms. The Balaban J connectivity index is 2.29. The molecule has 1 aliphatic carbocycles. The van der Waals surface area contributed by atoms with Gasteiger partial charge in [-0.1, -0.05) is 25.1 Å². The van der Waals surface area contributed by atoms with Crippen molar-refractivity contribution in [2.45, 2.75) is 32.3 Å². The van der Waals surface area contributed by atoms with Gasteiger partial charge in [0.15, 0.2) is 17.3 Å². The van der Waals surface area contributed by atoms with Crippen LogP contribution in [0.1, 0.15) is 25.3 Å². The molecule has 0 radical (unpaired) electrons. The van der Waals surface area contributed by atoms with E-state index in [0.717, 1.165) is 12.0 Å². The fourth-order valence-corrected chi connectivity index (χ4v) is 3.69. The van der Waals surface area contributed by atoms with E-state index in [0.29, 0.717) is 24.3 Å². The molecule has 0 saturated heterocycles. The highest BCUT2D eigenvalue weighted by Crippen LogP contribution is 2.43. The quantitative estimate of drug-likeness (QED) is 0.669. The van der Waals surface area contributed by atoms with Crippen LogP contribution >= 0.6 is 0 Å². The van der Waals surface area contributed by atoms with Crippen LogP contribution in [-0.4, -0.2) is 33.2 Å². The summed E-state index contributed by atoms with van der Waals surface area (Å²) in [5.74, 6) is 1.71. The molecule has 0 heterocycles. The van der Waals surface area contributed by atoms with Gasteiger partial charge in [-0.05, 0) is 49.0 Å². The van der Waals surface area contributed by atoms with Crippen LogP contribution in [0.4, 0.5) is 0 Å². The van der Waals surface area contributed by atoms with Gasteiger partial charge in [0.25, 0.3) is 0 Å². The van der Waals surface area contributed by atoms with Crippen LogP contribution in [-0.2, 0) is 16.0 Å². The highest BCUT2D eigenvalue weighted by molar-refractivity contribution is 5.96. The van der Waals surface area contributed by atoms with Crippen LogP contribution in [0.3, 0.4) is 0 Å². The van der Waals surface area contributed by atoms with Crippen LogP contribution in [0, 0.1) is 11.3 Å². The Hall–Kier alpha value is -2.07. The van der Waals surface area contributed by atoms with Crippen molar-refractivity contribution in [3.8, 4) is 11.5 Å². The summed E-state index contributed by atoms with van der Waals surface area (Å²) in [6.07, 6.45) is 7.42. The van der Waals surface area contributed by atoms with E-state index in [-0.39, 0.29) is 17.8 Å². The Morgan fingerprint density at radius 2 is 2.00 bits per heavy atom. The highest BCUT2D eigenvalue weighted by Gasteiger charge is 2.44. The van der Waals surface area contributed by atoms with Crippen molar-refractivity contribution >= 4 is 5.78 Å². The van der Waals surface area contributed by atoms with E-state index in [1.165, 1.54) is 0 Å². The summed E-state index contributed by atoms with van der Waals surface area (Å²) >= 11 is 0. The van der Waals surface area contributed by atoms with Gasteiger partial charge in [0, 0.05) is 12.5 Å². The second kappa shape index (κ2) is 8.34. The fraction of sp³-hybridized carbons (Fsp3) is 0.476. The maximum absolute atomic E-state index is 12.8. The lowest BCUT2D eigenvalue weighted by molar-refractivity contribution is -0.130. The van der Waals surface area contributed by atoms with Crippen molar-refractivity contribution in [2.24, 2.45) is 11.3 Å². The smallest absolute Gasteiger partial charge is 0.162 e. The Kier molecular flexibility index (Phi) is 6.43. The first-order valence-corrected chi connectivity index (χ1v) is 8.58. The molecule has 1 aromatic rings. The topological polar surface area (TPSA) is 44.8 Å². The highest BCUT2D eigenvalue weighted by atomic mass is 16.5. The molecule has 0 saturated carbocycles. The molecule has 1 unspecified atom stereocenters. The van der Waals surface area contributed by atoms with E-state index < -0.39 is 5.41 Å². The van der Waals surface area contributed by atoms with Gasteiger partial charge < -0.3 is 14.2 Å². The first-order valence-electron chi connectivity index (χ1n) is 8.58. The number of allylic oxidation sites excluding steroid dienone is 2. The minimum Gasteiger partial charge on any atom is -0.493 e. The van der Waals surface area contributed by atoms with Gasteiger partial charge in [-0.25, -0.2) is 0 Å². The third-order valence-electron chi connectivity index (χ3n) is 5.26. The number of hydrogen-bond acceptors (Lipinski definition) is 4. The number of carbonyl (C=O) groups excluding carboxylic acids is 1. The van der Waals surface area contributed by atoms with Gasteiger partial charge in [0.05, 0.1) is 20.3 Å². The first-order chi connectivity index (χ1) is 12.0. The molecule has 0 spiro atoms. The van der Waals surface area contributed by atoms with Gasteiger partial charge in [0.1, 0.15) is 0 Å². The second-order valence-corrected chi connectivity index (χ2v) is 6.65. The van der Waals surface area contributed by atoms with Gasteiger partial charge >= 0.3 is 0 Å². The summed E-state index contributed by atoms with van der Waals surface area (Å²) in [4.78, 5) is 12.8. The minimum absolute atomic E-state index is 0.0366. The summed E-state index contributed by atoms with van der Waals surface area (Å²) < 4.78 is 16.2. The molecule has 2 rings (SSSR count). The molecule has 0 aliphatic heterocycles. The normalized spacial score (nSPS) is 24.0. The number of methoxy groups -OCH3 is 3. The van der Waals surface area contributed by atoms with Gasteiger partial charge in [-0.2, -0.15) is 0 Å². The molecule has 136 valence electrons. The molecule has 3 atom stereocenters. The van der Waals surface area contributed by atoms with E-state index >= 15 is 0 Å². The Morgan fingerprint density at radius 1 is 1.28 bits per heavy atom. The fourth-order valence-electron chi connectivity index (χ4n) is 3.69. The molecule has 0 fully saturated rings. The number of ether oxygens (including phenoxy) is 3. The summed E-state index contributed by atoms with van der Waals surface area (Å²) in [7, 11) is 4.93. The third-order valence-corrected chi connectivity index (χ3v) is 5.26. The maximum atomic E-state index is 12.8. The average molecular weight is 344 g/mol. The van der Waals surface area contributed by atoms with Crippen molar-refractivity contribution in [1.82, 2.24) is 0 Å². The lowest BCUT2D eigenvalue weighted by Crippen LogP contribution is -2.43. The van der Waals surface area contributed by atoms with Crippen LogP contribution in [0.15, 0.2) is 43.0 Å². The standard InChI is InChI=1S/C21H28O4/c1-6-11-21(14-17(23-3)8-10-20(21)22)15(2)12-16-7-9-18(24-4)19(13-16)25-5/h6-10,13,15,17H,1,11-12,14H2,2-5H3/t15?,17-,21+/m0/s1. The number of carbonyl (C=O) groups is 1. The van der Waals surface area contributed by atoms with E-state index in [4.69, 9.17) is 14.2 Å². The van der Waals surface area contributed by atoms with Crippen molar-refractivity contribution in [2.75, 3.05) is 21.3 Å². The predicted molar refractivity (Wildman–Crippen MR) is 99.2 cm³/mol. The first kappa shape index (κ1) is 19.3. The minimum atomic E-state index is -0.482. The summed E-state index contributed by atoms with van der Waals surface area (Å²) in [5.41, 5.74) is 0.634. The van der Waals surface area contributed by atoms with E-state index in [1.54, 1.807) is 27.4 Å². The van der Waals surface area contributed by atoms with Gasteiger partial charge in [-0.15, -0.1) is 6.58 Å². The average Bonchev–Trinajstić information content (AvgIpc) is 2.63. The molecule has 0 amide bonds. The Bertz CT molecular complexity index is 649. The molecule has 1 aliphatic rings. The molecule has 1 aromatic carbocycles. The van der Waals surface area contributed by atoms with Crippen molar-refractivity contribution in [3.63, 3.8) is 0 Å². The Morgan fingerprint density at radius 3 is 2.60 bits per heavy atom. The van der Waals surface area contributed by atoms with Crippen LogP contribution in [0.25, 0.3) is 0 Å². The van der Waals surface area contributed by atoms with E-state index in [1.807, 2.05) is 30.4 Å². The largest absolute Gasteiger partial charge is 0.493 e. The number of ketones is 1. The SMILES string of the molecule is C=CC[C@]1(C(C)Cc2ccc(OC)c(OC)c2)C[C@@H](OC)C=CC1=O. The summed E-state index contributed by atoms with van der Waals surface area (Å²) in [6.45, 7) is 6.00. The molecule has 0 N–H and O–H groups in total. The number of rotatable bonds is 8. The van der Waals surface area contributed by atoms with E-state index in [9.17, 15) is 4.79 Å². The van der Waals surface area contributed by atoms with Crippen molar-refractivity contribution in [3.05, 3.63) is 48.6 Å². The molecule has 4 heteroatoms. The zero-order valence-corrected chi connectivity index (χ0v) is 15.6. The molecule has 4 nitrogen and oxygen atoms in total. The van der Waals surface area contributed by atoms with Crippen molar-refractivity contribution in [1.29, 1.82) is 0 Å². The lowest BCUT2D eigenvalue weighted by Gasteiger charge is -2.40. The zero-order chi connectivity index (χ0) is 18.4. The van der Waals surface area contributed by atoms with Gasteiger partial charge in [-0.3, -0.25) is 4.79 Å². The molecule has 0 aromatic heterocycles. The van der Waals surface area contributed by atoms with Gasteiger partial charge in [0.2, 0.25) is 0 Å². The zero-order valence-electron chi connectivity index (χ0n) is 15.6. The third kappa shape index (κ3) is 3.96. The monoisotopic (exact) mass is 344 g/mol. The molecular weight excluding hydrogens is 316 g/mol. The summed E-state index contributed by atoms with van der Waals surface area (Å²) in [5, 5.41) is 0. The van der Waals surface area contributed by atoms with Crippen molar-refractivity contribution < 1.29 is 19.0 Å². The van der Waals surface area contributed by atoms with E-state index in [2.05, 4.69) is 13.5 Å². The second-order valence-electron chi connectivity index (χ2n) is 6.65. The summed E-state index contributed by atoms with van der Waals surface area (Å²) in [6, 6.07) is 5.91. The number of benzene rings is 1. The van der Waals surface area contributed by atoms with Crippen LogP contribution in [0.5, 0.6) is 11.5 Å².